The third kappa shape index (κ3) is 3.68. The highest BCUT2D eigenvalue weighted by Crippen LogP contribution is 2.40. The van der Waals surface area contributed by atoms with Crippen LogP contribution in [0.2, 0.25) is 0 Å². The zero-order valence-electron chi connectivity index (χ0n) is 15.6. The van der Waals surface area contributed by atoms with Gasteiger partial charge in [-0.3, -0.25) is 0 Å². The molecule has 0 amide bonds. The second-order valence-corrected chi connectivity index (χ2v) is 6.31. The molecule has 3 rings (SSSR count). The van der Waals surface area contributed by atoms with Crippen molar-refractivity contribution in [3.8, 4) is 5.88 Å². The van der Waals surface area contributed by atoms with Crippen LogP contribution in [0.1, 0.15) is 49.4 Å². The Morgan fingerprint density at radius 1 is 1.35 bits per heavy atom. The van der Waals surface area contributed by atoms with Gasteiger partial charge in [-0.25, -0.2) is 9.78 Å². The Morgan fingerprint density at radius 3 is 2.92 bits per heavy atom. The van der Waals surface area contributed by atoms with Gasteiger partial charge < -0.3 is 23.9 Å². The highest BCUT2D eigenvalue weighted by atomic mass is 16.7. The van der Waals surface area contributed by atoms with Gasteiger partial charge >= 0.3 is 6.16 Å². The van der Waals surface area contributed by atoms with Gasteiger partial charge in [-0.15, -0.1) is 0 Å². The van der Waals surface area contributed by atoms with Crippen LogP contribution < -0.4 is 4.74 Å². The molecule has 0 bridgehead atoms. The lowest BCUT2D eigenvalue weighted by Crippen LogP contribution is -2.15. The molecule has 0 saturated heterocycles. The van der Waals surface area contributed by atoms with E-state index in [1.807, 2.05) is 6.92 Å². The molecule has 0 aromatic carbocycles. The summed E-state index contributed by atoms with van der Waals surface area (Å²) in [5.41, 5.74) is 4.15. The minimum atomic E-state index is -0.757. The Labute approximate surface area is 153 Å². The highest BCUT2D eigenvalue weighted by molar-refractivity contribution is 5.90. The number of nitrogens with zero attached hydrogens (tertiary/aromatic N) is 1. The standard InChI is InChI=1S/C19H26N2O5/c1-4-24-10-12-7-6-8-14-16(12)17-13(11-23-3)18(20-9-15(17)21-14)26-19(22)25-5-2/h9,12,21H,4-8,10-11H2,1-3H3. The first-order chi connectivity index (χ1) is 12.7. The van der Waals surface area contributed by atoms with Crippen molar-refractivity contribution in [2.24, 2.45) is 0 Å². The van der Waals surface area contributed by atoms with Crippen LogP contribution >= 0.6 is 0 Å². The molecule has 2 aromatic heterocycles. The highest BCUT2D eigenvalue weighted by Gasteiger charge is 2.28. The number of aromatic amines is 1. The normalized spacial score (nSPS) is 16.5. The van der Waals surface area contributed by atoms with E-state index in [1.54, 1.807) is 20.2 Å². The largest absolute Gasteiger partial charge is 0.515 e. The van der Waals surface area contributed by atoms with E-state index in [9.17, 15) is 4.79 Å². The summed E-state index contributed by atoms with van der Waals surface area (Å²) in [4.78, 5) is 19.6. The zero-order chi connectivity index (χ0) is 18.5. The van der Waals surface area contributed by atoms with E-state index in [2.05, 4.69) is 9.97 Å². The molecular formula is C19H26N2O5. The first-order valence-electron chi connectivity index (χ1n) is 9.13. The number of rotatable bonds is 7. The van der Waals surface area contributed by atoms with E-state index < -0.39 is 6.16 Å². The molecule has 142 valence electrons. The van der Waals surface area contributed by atoms with Gasteiger partial charge in [0.25, 0.3) is 0 Å². The quantitative estimate of drug-likeness (QED) is 0.756. The van der Waals surface area contributed by atoms with E-state index in [-0.39, 0.29) is 12.5 Å². The predicted molar refractivity (Wildman–Crippen MR) is 96.6 cm³/mol. The lowest BCUT2D eigenvalue weighted by atomic mass is 9.85. The molecule has 0 spiro atoms. The van der Waals surface area contributed by atoms with Gasteiger partial charge in [-0.1, -0.05) is 0 Å². The van der Waals surface area contributed by atoms with Crippen LogP contribution in [0.5, 0.6) is 5.88 Å². The SMILES string of the molecule is CCOCC1CCCc2[nH]c3cnc(OC(=O)OCC)c(COC)c3c21. The summed E-state index contributed by atoms with van der Waals surface area (Å²) in [5.74, 6) is 0.543. The molecule has 1 unspecified atom stereocenters. The third-order valence-corrected chi connectivity index (χ3v) is 4.66. The number of fused-ring (bicyclic) bond motifs is 3. The molecule has 26 heavy (non-hydrogen) atoms. The molecule has 0 fully saturated rings. The van der Waals surface area contributed by atoms with Crippen LogP contribution in [0, 0.1) is 0 Å². The first kappa shape index (κ1) is 18.7. The van der Waals surface area contributed by atoms with E-state index >= 15 is 0 Å². The summed E-state index contributed by atoms with van der Waals surface area (Å²) in [7, 11) is 1.61. The summed E-state index contributed by atoms with van der Waals surface area (Å²) in [5, 5.41) is 1.03. The van der Waals surface area contributed by atoms with E-state index in [0.29, 0.717) is 25.7 Å². The van der Waals surface area contributed by atoms with Crippen molar-refractivity contribution in [1.29, 1.82) is 0 Å². The van der Waals surface area contributed by atoms with Gasteiger partial charge in [-0.2, -0.15) is 0 Å². The number of pyridine rings is 1. The van der Waals surface area contributed by atoms with Crippen molar-refractivity contribution in [1.82, 2.24) is 9.97 Å². The fourth-order valence-electron chi connectivity index (χ4n) is 3.65. The van der Waals surface area contributed by atoms with Crippen LogP contribution in [0.3, 0.4) is 0 Å². The molecule has 1 aliphatic rings. The van der Waals surface area contributed by atoms with Crippen molar-refractivity contribution in [3.63, 3.8) is 0 Å². The number of carbonyl (C=O) groups excluding carboxylic acids is 1. The maximum absolute atomic E-state index is 11.8. The number of carbonyl (C=O) groups is 1. The lowest BCUT2D eigenvalue weighted by Gasteiger charge is -2.23. The van der Waals surface area contributed by atoms with Crippen molar-refractivity contribution in [2.75, 3.05) is 26.9 Å². The van der Waals surface area contributed by atoms with Gasteiger partial charge in [0.15, 0.2) is 0 Å². The molecule has 1 aliphatic carbocycles. The van der Waals surface area contributed by atoms with Crippen molar-refractivity contribution in [2.45, 2.75) is 45.6 Å². The molecule has 0 radical (unpaired) electrons. The third-order valence-electron chi connectivity index (χ3n) is 4.66. The number of methoxy groups -OCH3 is 1. The van der Waals surface area contributed by atoms with Gasteiger partial charge in [0, 0.05) is 30.7 Å². The topological polar surface area (TPSA) is 82.7 Å². The predicted octanol–water partition coefficient (Wildman–Crippen LogP) is 3.70. The minimum Gasteiger partial charge on any atom is -0.434 e. The van der Waals surface area contributed by atoms with Crippen LogP contribution in [0.4, 0.5) is 4.79 Å². The second kappa shape index (κ2) is 8.51. The molecule has 2 heterocycles. The van der Waals surface area contributed by atoms with Crippen LogP contribution in [0.25, 0.3) is 10.9 Å². The Hall–Kier alpha value is -2.12. The molecule has 0 aliphatic heterocycles. The van der Waals surface area contributed by atoms with Gasteiger partial charge in [-0.05, 0) is 38.7 Å². The number of H-pyrrole nitrogens is 1. The smallest absolute Gasteiger partial charge is 0.434 e. The molecule has 1 N–H and O–H groups in total. The Kier molecular flexibility index (Phi) is 6.11. The summed E-state index contributed by atoms with van der Waals surface area (Å²) >= 11 is 0. The van der Waals surface area contributed by atoms with Gasteiger partial charge in [0.1, 0.15) is 0 Å². The average molecular weight is 362 g/mol. The Morgan fingerprint density at radius 2 is 2.19 bits per heavy atom. The maximum Gasteiger partial charge on any atom is 0.515 e. The fraction of sp³-hybridized carbons (Fsp3) is 0.579. The number of hydrogen-bond donors (Lipinski definition) is 1. The Bertz CT molecular complexity index is 771. The monoisotopic (exact) mass is 362 g/mol. The lowest BCUT2D eigenvalue weighted by molar-refractivity contribution is 0.101. The number of aromatic nitrogens is 2. The van der Waals surface area contributed by atoms with Gasteiger partial charge in [0.05, 0.1) is 37.1 Å². The van der Waals surface area contributed by atoms with Crippen LogP contribution in [0.15, 0.2) is 6.20 Å². The molecule has 1 atom stereocenters. The molecule has 7 heteroatoms. The molecule has 0 saturated carbocycles. The number of nitrogens with one attached hydrogen (secondary N) is 1. The second-order valence-electron chi connectivity index (χ2n) is 6.31. The Balaban J connectivity index is 2.08. The zero-order valence-corrected chi connectivity index (χ0v) is 15.6. The van der Waals surface area contributed by atoms with E-state index in [0.717, 1.165) is 35.7 Å². The van der Waals surface area contributed by atoms with Crippen molar-refractivity contribution in [3.05, 3.63) is 23.0 Å². The number of ether oxygens (including phenoxy) is 4. The van der Waals surface area contributed by atoms with E-state index in [4.69, 9.17) is 18.9 Å². The minimum absolute atomic E-state index is 0.236. The van der Waals surface area contributed by atoms with Crippen LogP contribution in [-0.2, 0) is 27.2 Å². The van der Waals surface area contributed by atoms with Crippen molar-refractivity contribution < 1.29 is 23.7 Å². The average Bonchev–Trinajstić information content (AvgIpc) is 3.01. The summed E-state index contributed by atoms with van der Waals surface area (Å²) in [6.07, 6.45) is 4.14. The van der Waals surface area contributed by atoms with Crippen LogP contribution in [-0.4, -0.2) is 43.1 Å². The first-order valence-corrected chi connectivity index (χ1v) is 9.13. The molecular weight excluding hydrogens is 336 g/mol. The summed E-state index contributed by atoms with van der Waals surface area (Å²) in [6.45, 7) is 5.65. The van der Waals surface area contributed by atoms with E-state index in [1.165, 1.54) is 11.3 Å². The number of hydrogen-bond acceptors (Lipinski definition) is 6. The summed E-state index contributed by atoms with van der Waals surface area (Å²) < 4.78 is 21.3. The van der Waals surface area contributed by atoms with Crippen molar-refractivity contribution >= 4 is 17.1 Å². The van der Waals surface area contributed by atoms with Gasteiger partial charge in [0.2, 0.25) is 5.88 Å². The molecule has 2 aromatic rings. The number of aryl methyl sites for hydroxylation is 1. The molecule has 7 nitrogen and oxygen atoms in total. The fourth-order valence-corrected chi connectivity index (χ4v) is 3.65. The summed E-state index contributed by atoms with van der Waals surface area (Å²) in [6, 6.07) is 0. The maximum atomic E-state index is 11.8.